The number of urea groups is 1. The van der Waals surface area contributed by atoms with E-state index in [0.717, 1.165) is 12.8 Å². The summed E-state index contributed by atoms with van der Waals surface area (Å²) in [7, 11) is 1.43. The summed E-state index contributed by atoms with van der Waals surface area (Å²) in [5.41, 5.74) is 0.0988. The maximum absolute atomic E-state index is 12.2. The van der Waals surface area contributed by atoms with Crippen LogP contribution in [0.2, 0.25) is 5.02 Å². The number of hydrogen-bond acceptors (Lipinski definition) is 6. The second-order valence-electron chi connectivity index (χ2n) is 6.42. The molecular weight excluding hydrogens is 388 g/mol. The molecular formula is C19H27ClN2O6. The van der Waals surface area contributed by atoms with Crippen molar-refractivity contribution in [1.29, 1.82) is 0 Å². The first-order valence-electron chi connectivity index (χ1n) is 9.03. The van der Waals surface area contributed by atoms with E-state index >= 15 is 0 Å². The number of halogens is 1. The number of amides is 3. The monoisotopic (exact) mass is 414 g/mol. The van der Waals surface area contributed by atoms with Crippen LogP contribution in [0.3, 0.4) is 0 Å². The standard InChI is InChI=1S/C19H27ClN2O6/c1-5-6-7-27-17-14(20)8-13(9-15(17)26-4)18(24)28-11-16(23)22-19(25)21-10-12(2)3/h8-9,12H,5-7,10-11H2,1-4H3,(H2,21,22,23,25). The van der Waals surface area contributed by atoms with Crippen molar-refractivity contribution in [2.75, 3.05) is 26.9 Å². The Kier molecular flexibility index (Phi) is 10.2. The zero-order valence-corrected chi connectivity index (χ0v) is 17.4. The minimum Gasteiger partial charge on any atom is -0.493 e. The lowest BCUT2D eigenvalue weighted by atomic mass is 10.2. The third kappa shape index (κ3) is 8.04. The lowest BCUT2D eigenvalue weighted by Crippen LogP contribution is -2.42. The predicted octanol–water partition coefficient (Wildman–Crippen LogP) is 3.17. The average Bonchev–Trinajstić information content (AvgIpc) is 2.65. The predicted molar refractivity (Wildman–Crippen MR) is 105 cm³/mol. The smallest absolute Gasteiger partial charge is 0.338 e. The summed E-state index contributed by atoms with van der Waals surface area (Å²) >= 11 is 6.18. The van der Waals surface area contributed by atoms with Gasteiger partial charge >= 0.3 is 12.0 Å². The molecule has 1 rings (SSSR count). The quantitative estimate of drug-likeness (QED) is 0.450. The lowest BCUT2D eigenvalue weighted by molar-refractivity contribution is -0.123. The third-order valence-corrected chi connectivity index (χ3v) is 3.75. The summed E-state index contributed by atoms with van der Waals surface area (Å²) in [6, 6.07) is 2.15. The van der Waals surface area contributed by atoms with Crippen LogP contribution in [-0.4, -0.2) is 44.8 Å². The first-order chi connectivity index (χ1) is 13.3. The van der Waals surface area contributed by atoms with Gasteiger partial charge in [0.05, 0.1) is 24.3 Å². The Bertz CT molecular complexity index is 693. The molecule has 0 fully saturated rings. The summed E-state index contributed by atoms with van der Waals surface area (Å²) < 4.78 is 15.7. The molecule has 0 atom stereocenters. The summed E-state index contributed by atoms with van der Waals surface area (Å²) in [5.74, 6) is -0.653. The van der Waals surface area contributed by atoms with E-state index in [-0.39, 0.29) is 22.3 Å². The highest BCUT2D eigenvalue weighted by atomic mass is 35.5. The van der Waals surface area contributed by atoms with Crippen LogP contribution in [0, 0.1) is 5.92 Å². The Balaban J connectivity index is 2.65. The Morgan fingerprint density at radius 2 is 1.93 bits per heavy atom. The fourth-order valence-corrected chi connectivity index (χ4v) is 2.28. The number of ether oxygens (including phenoxy) is 3. The number of imide groups is 1. The van der Waals surface area contributed by atoms with Crippen molar-refractivity contribution >= 4 is 29.5 Å². The summed E-state index contributed by atoms with van der Waals surface area (Å²) in [5, 5.41) is 4.79. The van der Waals surface area contributed by atoms with Crippen LogP contribution in [0.5, 0.6) is 11.5 Å². The number of esters is 1. The molecule has 0 aliphatic carbocycles. The third-order valence-electron chi connectivity index (χ3n) is 3.47. The van der Waals surface area contributed by atoms with E-state index in [0.29, 0.717) is 18.9 Å². The van der Waals surface area contributed by atoms with Gasteiger partial charge in [-0.05, 0) is 24.5 Å². The van der Waals surface area contributed by atoms with E-state index in [9.17, 15) is 14.4 Å². The molecule has 0 heterocycles. The van der Waals surface area contributed by atoms with Gasteiger partial charge in [0.2, 0.25) is 0 Å². The van der Waals surface area contributed by atoms with Gasteiger partial charge in [0.1, 0.15) is 0 Å². The Labute approximate surface area is 169 Å². The van der Waals surface area contributed by atoms with Crippen LogP contribution >= 0.6 is 11.6 Å². The topological polar surface area (TPSA) is 103 Å². The number of carbonyl (C=O) groups excluding carboxylic acids is 3. The van der Waals surface area contributed by atoms with Gasteiger partial charge in [-0.25, -0.2) is 9.59 Å². The number of carbonyl (C=O) groups is 3. The number of benzene rings is 1. The zero-order chi connectivity index (χ0) is 21.1. The second kappa shape index (κ2) is 12.1. The number of nitrogens with one attached hydrogen (secondary N) is 2. The van der Waals surface area contributed by atoms with Gasteiger partial charge in [0.15, 0.2) is 18.1 Å². The molecule has 0 spiro atoms. The average molecular weight is 415 g/mol. The van der Waals surface area contributed by atoms with Gasteiger partial charge in [0.25, 0.3) is 5.91 Å². The van der Waals surface area contributed by atoms with Crippen molar-refractivity contribution in [1.82, 2.24) is 10.6 Å². The van der Waals surface area contributed by atoms with Crippen LogP contribution in [0.15, 0.2) is 12.1 Å². The number of unbranched alkanes of at least 4 members (excludes halogenated alkanes) is 1. The van der Waals surface area contributed by atoms with Gasteiger partial charge in [-0.1, -0.05) is 38.8 Å². The fourth-order valence-electron chi connectivity index (χ4n) is 2.01. The molecule has 2 N–H and O–H groups in total. The van der Waals surface area contributed by atoms with Gasteiger partial charge < -0.3 is 19.5 Å². The fraction of sp³-hybridized carbons (Fsp3) is 0.526. The number of methoxy groups -OCH3 is 1. The molecule has 0 aromatic heterocycles. The van der Waals surface area contributed by atoms with Gasteiger partial charge in [-0.3, -0.25) is 10.1 Å². The van der Waals surface area contributed by atoms with Gasteiger partial charge in [0, 0.05) is 6.54 Å². The normalized spacial score (nSPS) is 10.4. The minimum absolute atomic E-state index is 0.0988. The highest BCUT2D eigenvalue weighted by Crippen LogP contribution is 2.36. The molecule has 0 saturated heterocycles. The lowest BCUT2D eigenvalue weighted by Gasteiger charge is -2.14. The Hall–Kier alpha value is -2.48. The summed E-state index contributed by atoms with van der Waals surface area (Å²) in [4.78, 5) is 35.4. The maximum Gasteiger partial charge on any atom is 0.338 e. The minimum atomic E-state index is -0.780. The van der Waals surface area contributed by atoms with Crippen molar-refractivity contribution in [3.8, 4) is 11.5 Å². The molecule has 0 saturated carbocycles. The van der Waals surface area contributed by atoms with E-state index in [2.05, 4.69) is 10.6 Å². The molecule has 0 unspecified atom stereocenters. The van der Waals surface area contributed by atoms with Crippen LogP contribution in [0.1, 0.15) is 44.0 Å². The second-order valence-corrected chi connectivity index (χ2v) is 6.83. The van der Waals surface area contributed by atoms with Gasteiger partial charge in [-0.2, -0.15) is 0 Å². The van der Waals surface area contributed by atoms with Crippen LogP contribution in [0.4, 0.5) is 4.79 Å². The van der Waals surface area contributed by atoms with E-state index in [1.165, 1.54) is 19.2 Å². The number of hydrogen-bond donors (Lipinski definition) is 2. The highest BCUT2D eigenvalue weighted by molar-refractivity contribution is 6.32. The van der Waals surface area contributed by atoms with Crippen LogP contribution in [-0.2, 0) is 9.53 Å². The summed E-state index contributed by atoms with van der Waals surface area (Å²) in [6.45, 7) is 6.15. The molecule has 28 heavy (non-hydrogen) atoms. The van der Waals surface area contributed by atoms with Crippen molar-refractivity contribution in [2.24, 2.45) is 5.92 Å². The molecule has 1 aromatic rings. The number of rotatable bonds is 10. The molecule has 0 bridgehead atoms. The molecule has 0 radical (unpaired) electrons. The Morgan fingerprint density at radius 1 is 1.21 bits per heavy atom. The SMILES string of the molecule is CCCCOc1c(Cl)cc(C(=O)OCC(=O)NC(=O)NCC(C)C)cc1OC. The molecule has 1 aromatic carbocycles. The van der Waals surface area contributed by atoms with Crippen molar-refractivity contribution in [3.63, 3.8) is 0 Å². The molecule has 8 nitrogen and oxygen atoms in total. The first-order valence-corrected chi connectivity index (χ1v) is 9.41. The summed E-state index contributed by atoms with van der Waals surface area (Å²) in [6.07, 6.45) is 1.81. The maximum atomic E-state index is 12.2. The van der Waals surface area contributed by atoms with Crippen molar-refractivity contribution in [3.05, 3.63) is 22.7 Å². The zero-order valence-electron chi connectivity index (χ0n) is 16.6. The van der Waals surface area contributed by atoms with Crippen LogP contribution in [0.25, 0.3) is 0 Å². The molecule has 0 aliphatic heterocycles. The van der Waals surface area contributed by atoms with E-state index < -0.39 is 24.5 Å². The largest absolute Gasteiger partial charge is 0.493 e. The van der Waals surface area contributed by atoms with Crippen molar-refractivity contribution < 1.29 is 28.6 Å². The molecule has 3 amide bonds. The van der Waals surface area contributed by atoms with E-state index in [1.54, 1.807) is 0 Å². The van der Waals surface area contributed by atoms with Crippen molar-refractivity contribution in [2.45, 2.75) is 33.6 Å². The first kappa shape index (κ1) is 23.6. The van der Waals surface area contributed by atoms with E-state index in [4.69, 9.17) is 25.8 Å². The van der Waals surface area contributed by atoms with Crippen LogP contribution < -0.4 is 20.1 Å². The Morgan fingerprint density at radius 3 is 2.54 bits per heavy atom. The highest BCUT2D eigenvalue weighted by Gasteiger charge is 2.18. The molecule has 156 valence electrons. The van der Waals surface area contributed by atoms with E-state index in [1.807, 2.05) is 20.8 Å². The molecule has 9 heteroatoms. The van der Waals surface area contributed by atoms with Gasteiger partial charge in [-0.15, -0.1) is 0 Å². The molecule has 0 aliphatic rings.